The Morgan fingerprint density at radius 1 is 1.25 bits per heavy atom. The quantitative estimate of drug-likeness (QED) is 0.490. The van der Waals surface area contributed by atoms with Crippen molar-refractivity contribution in [3.8, 4) is 17.1 Å². The fourth-order valence-corrected chi connectivity index (χ4v) is 4.95. The van der Waals surface area contributed by atoms with Crippen LogP contribution in [0, 0.1) is 5.92 Å². The number of hydrogen-bond acceptors (Lipinski definition) is 9. The second-order valence-electron chi connectivity index (χ2n) is 7.24. The molecular weight excluding hydrogens is 436 g/mol. The largest absolute Gasteiger partial charge is 0.497 e. The first kappa shape index (κ1) is 21.9. The highest BCUT2D eigenvalue weighted by Gasteiger charge is 2.34. The number of pyridine rings is 1. The van der Waals surface area contributed by atoms with Crippen LogP contribution in [0.4, 0.5) is 0 Å². The van der Waals surface area contributed by atoms with E-state index in [1.54, 1.807) is 36.7 Å². The van der Waals surface area contributed by atoms with Crippen LogP contribution in [0.15, 0.2) is 58.2 Å². The molecule has 11 heteroatoms. The van der Waals surface area contributed by atoms with Crippen LogP contribution in [0.3, 0.4) is 0 Å². The monoisotopic (exact) mass is 458 g/mol. The third-order valence-electron chi connectivity index (χ3n) is 5.14. The van der Waals surface area contributed by atoms with E-state index in [1.165, 1.54) is 23.5 Å². The van der Waals surface area contributed by atoms with Gasteiger partial charge in [-0.25, -0.2) is 8.42 Å². The fraction of sp³-hybridized carbons (Fsp3) is 0.333. The van der Waals surface area contributed by atoms with Crippen molar-refractivity contribution < 1.29 is 27.2 Å². The Morgan fingerprint density at radius 2 is 2.06 bits per heavy atom. The van der Waals surface area contributed by atoms with E-state index in [2.05, 4.69) is 15.1 Å². The Bertz CT molecular complexity index is 1160. The molecule has 0 aliphatic carbocycles. The van der Waals surface area contributed by atoms with Crippen molar-refractivity contribution >= 4 is 16.0 Å². The number of piperidine rings is 1. The standard InChI is InChI=1S/C21H22N4O6S/c1-29-17-6-8-18(9-7-17)32(27,28)25-11-3-5-16(13-25)21(26)30-14-19-23-20(24-31-19)15-4-2-10-22-12-15/h2,4,6-10,12,16H,3,5,11,13-14H2,1H3. The van der Waals surface area contributed by atoms with Crippen molar-refractivity contribution in [3.05, 3.63) is 54.7 Å². The summed E-state index contributed by atoms with van der Waals surface area (Å²) in [5.41, 5.74) is 0.681. The van der Waals surface area contributed by atoms with Gasteiger partial charge in [0.15, 0.2) is 6.61 Å². The fourth-order valence-electron chi connectivity index (χ4n) is 3.43. The molecule has 1 saturated heterocycles. The summed E-state index contributed by atoms with van der Waals surface area (Å²) in [6, 6.07) is 9.70. The van der Waals surface area contributed by atoms with Gasteiger partial charge in [-0.2, -0.15) is 9.29 Å². The lowest BCUT2D eigenvalue weighted by Gasteiger charge is -2.30. The molecule has 1 aliphatic rings. The zero-order chi connectivity index (χ0) is 22.6. The van der Waals surface area contributed by atoms with Crippen LogP contribution in [0.25, 0.3) is 11.4 Å². The Balaban J connectivity index is 1.37. The molecule has 1 aliphatic heterocycles. The minimum Gasteiger partial charge on any atom is -0.497 e. The van der Waals surface area contributed by atoms with Crippen LogP contribution in [-0.2, 0) is 26.2 Å². The van der Waals surface area contributed by atoms with Gasteiger partial charge < -0.3 is 14.0 Å². The molecule has 0 spiro atoms. The van der Waals surface area contributed by atoms with Crippen molar-refractivity contribution in [2.45, 2.75) is 24.3 Å². The molecular formula is C21H22N4O6S. The number of sulfonamides is 1. The van der Waals surface area contributed by atoms with Crippen LogP contribution < -0.4 is 4.74 Å². The number of esters is 1. The SMILES string of the molecule is COc1ccc(S(=O)(=O)N2CCCC(C(=O)OCc3nc(-c4cccnc4)no3)C2)cc1. The zero-order valence-corrected chi connectivity index (χ0v) is 18.2. The van der Waals surface area contributed by atoms with Gasteiger partial charge in [0.25, 0.3) is 5.89 Å². The molecule has 1 unspecified atom stereocenters. The Kier molecular flexibility index (Phi) is 6.47. The van der Waals surface area contributed by atoms with Crippen molar-refractivity contribution in [2.24, 2.45) is 5.92 Å². The highest BCUT2D eigenvalue weighted by molar-refractivity contribution is 7.89. The normalized spacial score (nSPS) is 17.1. The van der Waals surface area contributed by atoms with Gasteiger partial charge in [0, 0.05) is 31.0 Å². The number of ether oxygens (including phenoxy) is 2. The summed E-state index contributed by atoms with van der Waals surface area (Å²) in [6.07, 6.45) is 4.33. The molecule has 4 rings (SSSR count). The van der Waals surface area contributed by atoms with Crippen LogP contribution in [-0.4, -0.2) is 54.0 Å². The van der Waals surface area contributed by atoms with Gasteiger partial charge in [-0.1, -0.05) is 5.16 Å². The van der Waals surface area contributed by atoms with E-state index in [0.29, 0.717) is 36.5 Å². The number of methoxy groups -OCH3 is 1. The third-order valence-corrected chi connectivity index (χ3v) is 7.02. The number of nitrogens with zero attached hydrogens (tertiary/aromatic N) is 4. The van der Waals surface area contributed by atoms with Crippen molar-refractivity contribution in [1.29, 1.82) is 0 Å². The average Bonchev–Trinajstić information content (AvgIpc) is 3.32. The zero-order valence-electron chi connectivity index (χ0n) is 17.4. The first-order valence-electron chi connectivity index (χ1n) is 10.0. The van der Waals surface area contributed by atoms with E-state index in [-0.39, 0.29) is 23.9 Å². The topological polar surface area (TPSA) is 125 Å². The molecule has 0 N–H and O–H groups in total. The van der Waals surface area contributed by atoms with Gasteiger partial charge in [-0.15, -0.1) is 0 Å². The lowest BCUT2D eigenvalue weighted by molar-refractivity contribution is -0.151. The molecule has 0 amide bonds. The molecule has 0 saturated carbocycles. The highest BCUT2D eigenvalue weighted by Crippen LogP contribution is 2.26. The maximum atomic E-state index is 13.0. The van der Waals surface area contributed by atoms with Crippen molar-refractivity contribution in [1.82, 2.24) is 19.4 Å². The summed E-state index contributed by atoms with van der Waals surface area (Å²) in [5, 5.41) is 3.85. The van der Waals surface area contributed by atoms with Gasteiger partial charge in [0.2, 0.25) is 15.8 Å². The predicted octanol–water partition coefficient (Wildman–Crippen LogP) is 2.28. The van der Waals surface area contributed by atoms with E-state index >= 15 is 0 Å². The summed E-state index contributed by atoms with van der Waals surface area (Å²) in [6.45, 7) is 0.210. The van der Waals surface area contributed by atoms with Crippen LogP contribution in [0.2, 0.25) is 0 Å². The summed E-state index contributed by atoms with van der Waals surface area (Å²) in [7, 11) is -2.21. The molecule has 10 nitrogen and oxygen atoms in total. The number of hydrogen-bond donors (Lipinski definition) is 0. The predicted molar refractivity (Wildman–Crippen MR) is 112 cm³/mol. The number of benzene rings is 1. The molecule has 1 atom stereocenters. The van der Waals surface area contributed by atoms with E-state index in [0.717, 1.165) is 0 Å². The number of rotatable bonds is 7. The average molecular weight is 458 g/mol. The van der Waals surface area contributed by atoms with Gasteiger partial charge in [0.05, 0.1) is 17.9 Å². The second-order valence-corrected chi connectivity index (χ2v) is 9.18. The van der Waals surface area contributed by atoms with Crippen LogP contribution in [0.1, 0.15) is 18.7 Å². The minimum absolute atomic E-state index is 0.0535. The molecule has 0 radical (unpaired) electrons. The molecule has 32 heavy (non-hydrogen) atoms. The summed E-state index contributed by atoms with van der Waals surface area (Å²) >= 11 is 0. The van der Waals surface area contributed by atoms with Crippen LogP contribution in [0.5, 0.6) is 5.75 Å². The van der Waals surface area contributed by atoms with E-state index < -0.39 is 21.9 Å². The highest BCUT2D eigenvalue weighted by atomic mass is 32.2. The maximum absolute atomic E-state index is 13.0. The molecule has 2 aromatic heterocycles. The summed E-state index contributed by atoms with van der Waals surface area (Å²) < 4.78 is 42.8. The van der Waals surface area contributed by atoms with Gasteiger partial charge in [-0.05, 0) is 49.2 Å². The lowest BCUT2D eigenvalue weighted by atomic mass is 10.0. The molecule has 3 aromatic rings. The number of aromatic nitrogens is 3. The second kappa shape index (κ2) is 9.45. The minimum atomic E-state index is -3.72. The van der Waals surface area contributed by atoms with Crippen LogP contribution >= 0.6 is 0 Å². The molecule has 0 bridgehead atoms. The number of carbonyl (C=O) groups excluding carboxylic acids is 1. The van der Waals surface area contributed by atoms with E-state index in [1.807, 2.05) is 0 Å². The summed E-state index contributed by atoms with van der Waals surface area (Å²) in [5.74, 6) is -0.00990. The van der Waals surface area contributed by atoms with E-state index in [4.69, 9.17) is 14.0 Å². The Labute approximate surface area is 185 Å². The van der Waals surface area contributed by atoms with Gasteiger partial charge in [0.1, 0.15) is 5.75 Å². The Morgan fingerprint density at radius 3 is 2.78 bits per heavy atom. The molecule has 1 fully saturated rings. The van der Waals surface area contributed by atoms with E-state index in [9.17, 15) is 13.2 Å². The first-order valence-corrected chi connectivity index (χ1v) is 11.4. The lowest BCUT2D eigenvalue weighted by Crippen LogP contribution is -2.42. The summed E-state index contributed by atoms with van der Waals surface area (Å²) in [4.78, 5) is 20.9. The van der Waals surface area contributed by atoms with Crippen molar-refractivity contribution in [3.63, 3.8) is 0 Å². The van der Waals surface area contributed by atoms with Crippen molar-refractivity contribution in [2.75, 3.05) is 20.2 Å². The maximum Gasteiger partial charge on any atom is 0.310 e. The molecule has 168 valence electrons. The first-order chi connectivity index (χ1) is 15.5. The smallest absolute Gasteiger partial charge is 0.310 e. The van der Waals surface area contributed by atoms with Gasteiger partial charge in [-0.3, -0.25) is 9.78 Å². The molecule has 1 aromatic carbocycles. The Hall–Kier alpha value is -3.31. The molecule has 3 heterocycles. The van der Waals surface area contributed by atoms with Gasteiger partial charge >= 0.3 is 5.97 Å². The third kappa shape index (κ3) is 4.78. The number of carbonyl (C=O) groups is 1.